The summed E-state index contributed by atoms with van der Waals surface area (Å²) in [6, 6.07) is 27.1. The molecule has 0 aliphatic carbocycles. The van der Waals surface area contributed by atoms with Crippen LogP contribution >= 0.6 is 12.2 Å². The molecule has 0 aromatic heterocycles. The highest BCUT2D eigenvalue weighted by atomic mass is 32.1. The molecule has 0 unspecified atom stereocenters. The molecule has 1 saturated heterocycles. The molecule has 0 bridgehead atoms. The number of fused-ring (bicyclic) bond motifs is 2. The molecule has 34 heavy (non-hydrogen) atoms. The lowest BCUT2D eigenvalue weighted by molar-refractivity contribution is -0.146. The van der Waals surface area contributed by atoms with Crippen LogP contribution in [0.4, 0.5) is 5.69 Å². The van der Waals surface area contributed by atoms with E-state index in [1.165, 1.54) is 0 Å². The molecular weight excluding hydrogens is 446 g/mol. The lowest BCUT2D eigenvalue weighted by atomic mass is 9.63. The van der Waals surface area contributed by atoms with Gasteiger partial charge in [-0.05, 0) is 24.1 Å². The van der Waals surface area contributed by atoms with Crippen molar-refractivity contribution in [1.82, 2.24) is 5.32 Å². The Morgan fingerprint density at radius 1 is 0.971 bits per heavy atom. The van der Waals surface area contributed by atoms with Crippen molar-refractivity contribution in [3.63, 3.8) is 0 Å². The maximum absolute atomic E-state index is 14.5. The van der Waals surface area contributed by atoms with Crippen LogP contribution in [0.1, 0.15) is 29.5 Å². The summed E-state index contributed by atoms with van der Waals surface area (Å²) >= 11 is 5.82. The Morgan fingerprint density at radius 3 is 2.29 bits per heavy atom. The van der Waals surface area contributed by atoms with Gasteiger partial charge in [0, 0.05) is 11.5 Å². The number of benzene rings is 3. The highest BCUT2D eigenvalue weighted by Gasteiger charge is 2.74. The molecule has 0 saturated carbocycles. The molecule has 3 aliphatic heterocycles. The van der Waals surface area contributed by atoms with Crippen molar-refractivity contribution in [2.45, 2.75) is 24.9 Å². The second-order valence-electron chi connectivity index (χ2n) is 8.86. The molecule has 6 nitrogen and oxygen atoms in total. The third-order valence-electron chi connectivity index (χ3n) is 7.21. The monoisotopic (exact) mass is 467 g/mol. The Kier molecular flexibility index (Phi) is 4.47. The summed E-state index contributed by atoms with van der Waals surface area (Å²) in [5, 5.41) is 7.37. The Bertz CT molecular complexity index is 1370. The number of carbonyl (C=O) groups is 2. The third kappa shape index (κ3) is 2.50. The van der Waals surface area contributed by atoms with Gasteiger partial charge in [0.15, 0.2) is 11.0 Å². The number of hydrogen-bond donors (Lipinski definition) is 1. The number of rotatable bonds is 3. The summed E-state index contributed by atoms with van der Waals surface area (Å²) in [5.74, 6) is -1.37. The second-order valence-corrected chi connectivity index (χ2v) is 9.27. The zero-order chi connectivity index (χ0) is 23.5. The number of anilines is 1. The van der Waals surface area contributed by atoms with E-state index in [2.05, 4.69) is 10.5 Å². The topological polar surface area (TPSA) is 71.0 Å². The lowest BCUT2D eigenvalue weighted by Crippen LogP contribution is -2.51. The fourth-order valence-corrected chi connectivity index (χ4v) is 6.25. The molecule has 6 rings (SSSR count). The minimum atomic E-state index is -1.36. The lowest BCUT2D eigenvalue weighted by Gasteiger charge is -2.35. The number of amides is 1. The zero-order valence-corrected chi connectivity index (χ0v) is 19.2. The fourth-order valence-electron chi connectivity index (χ4n) is 5.74. The average Bonchev–Trinajstić information content (AvgIpc) is 3.41. The van der Waals surface area contributed by atoms with Gasteiger partial charge in [-0.2, -0.15) is 0 Å². The van der Waals surface area contributed by atoms with Crippen molar-refractivity contribution in [3.05, 3.63) is 102 Å². The van der Waals surface area contributed by atoms with Crippen LogP contribution in [0.2, 0.25) is 0 Å². The first-order valence-corrected chi connectivity index (χ1v) is 11.5. The molecule has 1 fully saturated rings. The summed E-state index contributed by atoms with van der Waals surface area (Å²) in [6.07, 6.45) is 0. The normalized spacial score (nSPS) is 27.2. The van der Waals surface area contributed by atoms with Gasteiger partial charge in [-0.25, -0.2) is 4.79 Å². The molecule has 2 spiro atoms. The van der Waals surface area contributed by atoms with Crippen LogP contribution in [0.3, 0.4) is 0 Å². The predicted molar refractivity (Wildman–Crippen MR) is 132 cm³/mol. The van der Waals surface area contributed by atoms with Crippen molar-refractivity contribution in [2.75, 3.05) is 4.90 Å². The number of nitrogens with zero attached hydrogens (tertiary/aromatic N) is 2. The number of para-hydroxylation sites is 1. The van der Waals surface area contributed by atoms with E-state index < -0.39 is 22.8 Å². The van der Waals surface area contributed by atoms with Gasteiger partial charge in [0.05, 0.1) is 17.9 Å². The van der Waals surface area contributed by atoms with Gasteiger partial charge in [0.25, 0.3) is 5.91 Å². The van der Waals surface area contributed by atoms with Crippen LogP contribution < -0.4 is 10.2 Å². The minimum Gasteiger partial charge on any atom is -0.360 e. The summed E-state index contributed by atoms with van der Waals surface area (Å²) < 4.78 is 0. The van der Waals surface area contributed by atoms with Crippen LogP contribution in [-0.2, 0) is 26.5 Å². The largest absolute Gasteiger partial charge is 0.360 e. The smallest absolute Gasteiger partial charge is 0.354 e. The summed E-state index contributed by atoms with van der Waals surface area (Å²) in [4.78, 5) is 35.0. The molecule has 3 aromatic carbocycles. The maximum atomic E-state index is 14.5. The molecule has 3 heterocycles. The first kappa shape index (κ1) is 20.7. The Labute approximate surface area is 202 Å². The van der Waals surface area contributed by atoms with E-state index >= 15 is 0 Å². The van der Waals surface area contributed by atoms with Gasteiger partial charge < -0.3 is 15.1 Å². The van der Waals surface area contributed by atoms with E-state index in [4.69, 9.17) is 17.1 Å². The van der Waals surface area contributed by atoms with E-state index in [0.717, 1.165) is 22.4 Å². The molecule has 3 aromatic rings. The highest BCUT2D eigenvalue weighted by molar-refractivity contribution is 7.80. The van der Waals surface area contributed by atoms with Crippen molar-refractivity contribution < 1.29 is 14.4 Å². The van der Waals surface area contributed by atoms with Gasteiger partial charge in [-0.15, -0.1) is 0 Å². The minimum absolute atomic E-state index is 0.155. The first-order valence-electron chi connectivity index (χ1n) is 11.1. The number of hydrogen-bond acceptors (Lipinski definition) is 5. The molecule has 1 N–H and O–H groups in total. The second kappa shape index (κ2) is 7.33. The van der Waals surface area contributed by atoms with E-state index in [-0.39, 0.29) is 10.9 Å². The number of thiocarbonyl (C=S) groups is 1. The molecule has 7 heteroatoms. The molecule has 0 radical (unpaired) electrons. The van der Waals surface area contributed by atoms with Gasteiger partial charge in [0.2, 0.25) is 0 Å². The molecule has 168 valence electrons. The van der Waals surface area contributed by atoms with E-state index in [1.54, 1.807) is 11.8 Å². The summed E-state index contributed by atoms with van der Waals surface area (Å²) in [5.41, 5.74) is 1.22. The third-order valence-corrected chi connectivity index (χ3v) is 7.64. The number of nitrogens with one attached hydrogen (secondary N) is 1. The summed E-state index contributed by atoms with van der Waals surface area (Å²) in [6.45, 7) is 2.14. The van der Waals surface area contributed by atoms with E-state index in [1.807, 2.05) is 84.9 Å². The first-order chi connectivity index (χ1) is 16.5. The summed E-state index contributed by atoms with van der Waals surface area (Å²) in [7, 11) is 0. The molecule has 1 amide bonds. The van der Waals surface area contributed by atoms with Crippen LogP contribution in [0.5, 0.6) is 0 Å². The molecule has 3 atom stereocenters. The number of carbonyl (C=O) groups excluding carboxylic acids is 2. The Morgan fingerprint density at radius 2 is 1.62 bits per heavy atom. The van der Waals surface area contributed by atoms with Crippen molar-refractivity contribution >= 4 is 40.5 Å². The van der Waals surface area contributed by atoms with Crippen molar-refractivity contribution in [2.24, 2.45) is 10.6 Å². The Balaban J connectivity index is 1.61. The van der Waals surface area contributed by atoms with E-state index in [9.17, 15) is 9.59 Å². The van der Waals surface area contributed by atoms with Gasteiger partial charge in [-0.3, -0.25) is 4.79 Å². The number of oxime groups is 1. The average molecular weight is 468 g/mol. The van der Waals surface area contributed by atoms with Gasteiger partial charge in [-0.1, -0.05) is 96.2 Å². The SMILES string of the molecule is CC1=NOC(=O)[C@]12C(=S)N[C@]1(C(=O)N(Cc3ccccc3)c3ccccc31)[C@@H]2c1ccccc1. The van der Waals surface area contributed by atoms with E-state index in [0.29, 0.717) is 12.3 Å². The quantitative estimate of drug-likeness (QED) is 0.465. The predicted octanol–water partition coefficient (Wildman–Crippen LogP) is 4.06. The van der Waals surface area contributed by atoms with Crippen LogP contribution in [0.25, 0.3) is 0 Å². The van der Waals surface area contributed by atoms with Crippen LogP contribution in [-0.4, -0.2) is 22.6 Å². The molecule has 3 aliphatic rings. The molecular formula is C27H21N3O3S. The van der Waals surface area contributed by atoms with Crippen molar-refractivity contribution in [3.8, 4) is 0 Å². The fraction of sp³-hybridized carbons (Fsp3) is 0.185. The Hall–Kier alpha value is -3.84. The van der Waals surface area contributed by atoms with Gasteiger partial charge in [0.1, 0.15) is 4.99 Å². The van der Waals surface area contributed by atoms with Crippen LogP contribution in [0, 0.1) is 5.41 Å². The van der Waals surface area contributed by atoms with Crippen molar-refractivity contribution in [1.29, 1.82) is 0 Å². The highest BCUT2D eigenvalue weighted by Crippen LogP contribution is 2.61. The van der Waals surface area contributed by atoms with Gasteiger partial charge >= 0.3 is 5.97 Å². The maximum Gasteiger partial charge on any atom is 0.354 e. The zero-order valence-electron chi connectivity index (χ0n) is 18.4. The van der Waals surface area contributed by atoms with Crippen LogP contribution in [0.15, 0.2) is 90.1 Å². The standard InChI is InChI=1S/C27H21N3O3S/c1-17-26(25(32)33-29-17)22(19-12-6-3-7-13-19)27(28-23(26)34)20-14-8-9-15-21(20)30(24(27)31)16-18-10-4-2-5-11-18/h2-15,22H,16H2,1H3,(H,28,34)/t22-,26-,27+/m1/s1.